The highest BCUT2D eigenvalue weighted by Crippen LogP contribution is 2.34. The van der Waals surface area contributed by atoms with Crippen molar-refractivity contribution in [3.8, 4) is 0 Å². The minimum Gasteiger partial charge on any atom is -0.362 e. The standard InChI is InChI=1S/C12H20N4/c1-12(2,8-13)14-11-7-6-10(15-16-11)9-4-3-5-9/h6-7,9H,3-5,8,13H2,1-2H3,(H,14,16). The SMILES string of the molecule is CC(C)(CN)Nc1ccc(C2CCC2)nn1. The molecule has 1 fully saturated rings. The van der Waals surface area contributed by atoms with Gasteiger partial charge in [0.05, 0.1) is 5.69 Å². The highest BCUT2D eigenvalue weighted by molar-refractivity contribution is 5.36. The molecule has 0 radical (unpaired) electrons. The molecule has 1 aliphatic rings. The van der Waals surface area contributed by atoms with Crippen LogP contribution in [0.15, 0.2) is 12.1 Å². The molecule has 0 aliphatic heterocycles. The van der Waals surface area contributed by atoms with Crippen molar-refractivity contribution in [1.29, 1.82) is 0 Å². The molecule has 88 valence electrons. The van der Waals surface area contributed by atoms with Crippen LogP contribution in [-0.2, 0) is 0 Å². The van der Waals surface area contributed by atoms with E-state index in [1.807, 2.05) is 6.07 Å². The first-order chi connectivity index (χ1) is 7.61. The van der Waals surface area contributed by atoms with Gasteiger partial charge in [0, 0.05) is 18.0 Å². The second-order valence-corrected chi connectivity index (χ2v) is 5.18. The molecule has 0 saturated heterocycles. The minimum absolute atomic E-state index is 0.132. The molecule has 0 spiro atoms. The number of anilines is 1. The zero-order chi connectivity index (χ0) is 11.6. The van der Waals surface area contributed by atoms with Crippen molar-refractivity contribution in [3.05, 3.63) is 17.8 Å². The summed E-state index contributed by atoms with van der Waals surface area (Å²) in [5.74, 6) is 1.45. The van der Waals surface area contributed by atoms with Gasteiger partial charge in [-0.1, -0.05) is 6.42 Å². The molecule has 0 aromatic carbocycles. The monoisotopic (exact) mass is 220 g/mol. The molecule has 2 rings (SSSR count). The predicted molar refractivity (Wildman–Crippen MR) is 65.4 cm³/mol. The van der Waals surface area contributed by atoms with E-state index in [1.54, 1.807) is 0 Å². The molecular weight excluding hydrogens is 200 g/mol. The predicted octanol–water partition coefficient (Wildman–Crippen LogP) is 1.89. The van der Waals surface area contributed by atoms with Crippen LogP contribution >= 0.6 is 0 Å². The van der Waals surface area contributed by atoms with E-state index < -0.39 is 0 Å². The second kappa shape index (κ2) is 4.37. The summed E-state index contributed by atoms with van der Waals surface area (Å²) in [5.41, 5.74) is 6.65. The number of hydrogen-bond acceptors (Lipinski definition) is 4. The van der Waals surface area contributed by atoms with Gasteiger partial charge in [0.15, 0.2) is 0 Å². The summed E-state index contributed by atoms with van der Waals surface area (Å²) in [6, 6.07) is 4.07. The molecule has 0 atom stereocenters. The highest BCUT2D eigenvalue weighted by atomic mass is 15.2. The van der Waals surface area contributed by atoms with Gasteiger partial charge in [-0.05, 0) is 38.8 Å². The van der Waals surface area contributed by atoms with E-state index >= 15 is 0 Å². The average molecular weight is 220 g/mol. The minimum atomic E-state index is -0.132. The van der Waals surface area contributed by atoms with E-state index in [0.29, 0.717) is 12.5 Å². The van der Waals surface area contributed by atoms with E-state index in [1.165, 1.54) is 19.3 Å². The van der Waals surface area contributed by atoms with Crippen molar-refractivity contribution in [2.75, 3.05) is 11.9 Å². The molecule has 4 nitrogen and oxygen atoms in total. The maximum atomic E-state index is 5.65. The van der Waals surface area contributed by atoms with Crippen molar-refractivity contribution in [2.45, 2.75) is 44.6 Å². The smallest absolute Gasteiger partial charge is 0.149 e. The lowest BCUT2D eigenvalue weighted by atomic mass is 9.83. The Morgan fingerprint density at radius 2 is 2.12 bits per heavy atom. The normalized spacial score (nSPS) is 16.9. The molecule has 0 amide bonds. The number of nitrogens with two attached hydrogens (primary N) is 1. The number of nitrogens with zero attached hydrogens (tertiary/aromatic N) is 2. The van der Waals surface area contributed by atoms with Gasteiger partial charge in [-0.2, -0.15) is 5.10 Å². The topological polar surface area (TPSA) is 63.8 Å². The van der Waals surface area contributed by atoms with Gasteiger partial charge < -0.3 is 11.1 Å². The lowest BCUT2D eigenvalue weighted by Gasteiger charge is -2.26. The summed E-state index contributed by atoms with van der Waals surface area (Å²) in [6.07, 6.45) is 3.85. The van der Waals surface area contributed by atoms with E-state index in [4.69, 9.17) is 5.73 Å². The number of rotatable bonds is 4. The Hall–Kier alpha value is -1.16. The number of aromatic nitrogens is 2. The zero-order valence-electron chi connectivity index (χ0n) is 10.0. The molecule has 1 aromatic rings. The number of nitrogens with one attached hydrogen (secondary N) is 1. The first-order valence-corrected chi connectivity index (χ1v) is 5.92. The van der Waals surface area contributed by atoms with Crippen molar-refractivity contribution < 1.29 is 0 Å². The van der Waals surface area contributed by atoms with Crippen molar-refractivity contribution in [3.63, 3.8) is 0 Å². The largest absolute Gasteiger partial charge is 0.362 e. The van der Waals surface area contributed by atoms with Gasteiger partial charge in [-0.3, -0.25) is 0 Å². The summed E-state index contributed by atoms with van der Waals surface area (Å²) in [6.45, 7) is 4.67. The Morgan fingerprint density at radius 1 is 1.38 bits per heavy atom. The Bertz CT molecular complexity index is 341. The first kappa shape index (κ1) is 11.3. The first-order valence-electron chi connectivity index (χ1n) is 5.92. The summed E-state index contributed by atoms with van der Waals surface area (Å²) >= 11 is 0. The molecule has 1 aliphatic carbocycles. The quantitative estimate of drug-likeness (QED) is 0.813. The Labute approximate surface area is 96.6 Å². The van der Waals surface area contributed by atoms with Crippen LogP contribution in [0.5, 0.6) is 0 Å². The fraction of sp³-hybridized carbons (Fsp3) is 0.667. The lowest BCUT2D eigenvalue weighted by Crippen LogP contribution is -2.39. The van der Waals surface area contributed by atoms with Crippen LogP contribution in [0.1, 0.15) is 44.7 Å². The average Bonchev–Trinajstić information content (AvgIpc) is 2.18. The van der Waals surface area contributed by atoms with Crippen LogP contribution in [0.3, 0.4) is 0 Å². The van der Waals surface area contributed by atoms with Crippen LogP contribution in [0.4, 0.5) is 5.82 Å². The van der Waals surface area contributed by atoms with Gasteiger partial charge in [-0.15, -0.1) is 5.10 Å². The Balaban J connectivity index is 2.01. The summed E-state index contributed by atoms with van der Waals surface area (Å²) in [4.78, 5) is 0. The van der Waals surface area contributed by atoms with Crippen LogP contribution in [-0.4, -0.2) is 22.3 Å². The zero-order valence-corrected chi connectivity index (χ0v) is 10.0. The van der Waals surface area contributed by atoms with E-state index in [-0.39, 0.29) is 5.54 Å². The van der Waals surface area contributed by atoms with Gasteiger partial charge in [0.2, 0.25) is 0 Å². The molecule has 1 saturated carbocycles. The third kappa shape index (κ3) is 2.50. The van der Waals surface area contributed by atoms with E-state index in [9.17, 15) is 0 Å². The summed E-state index contributed by atoms with van der Waals surface area (Å²) in [5, 5.41) is 11.7. The third-order valence-corrected chi connectivity index (χ3v) is 3.19. The maximum absolute atomic E-state index is 5.65. The van der Waals surface area contributed by atoms with E-state index in [2.05, 4.69) is 35.4 Å². The molecule has 16 heavy (non-hydrogen) atoms. The van der Waals surface area contributed by atoms with Crippen LogP contribution in [0.2, 0.25) is 0 Å². The molecule has 0 bridgehead atoms. The second-order valence-electron chi connectivity index (χ2n) is 5.18. The van der Waals surface area contributed by atoms with Gasteiger partial charge in [0.1, 0.15) is 5.82 Å². The molecule has 0 unspecified atom stereocenters. The van der Waals surface area contributed by atoms with Gasteiger partial charge in [-0.25, -0.2) is 0 Å². The van der Waals surface area contributed by atoms with Crippen molar-refractivity contribution in [1.82, 2.24) is 10.2 Å². The van der Waals surface area contributed by atoms with Crippen molar-refractivity contribution >= 4 is 5.82 Å². The molecule has 3 N–H and O–H groups in total. The van der Waals surface area contributed by atoms with E-state index in [0.717, 1.165) is 11.5 Å². The van der Waals surface area contributed by atoms with Gasteiger partial charge >= 0.3 is 0 Å². The lowest BCUT2D eigenvalue weighted by molar-refractivity contribution is 0.408. The maximum Gasteiger partial charge on any atom is 0.149 e. The fourth-order valence-corrected chi connectivity index (χ4v) is 1.73. The van der Waals surface area contributed by atoms with Crippen molar-refractivity contribution in [2.24, 2.45) is 5.73 Å². The van der Waals surface area contributed by atoms with Crippen LogP contribution in [0, 0.1) is 0 Å². The summed E-state index contributed by atoms with van der Waals surface area (Å²) < 4.78 is 0. The van der Waals surface area contributed by atoms with Gasteiger partial charge in [0.25, 0.3) is 0 Å². The summed E-state index contributed by atoms with van der Waals surface area (Å²) in [7, 11) is 0. The third-order valence-electron chi connectivity index (χ3n) is 3.19. The fourth-order valence-electron chi connectivity index (χ4n) is 1.73. The Kier molecular flexibility index (Phi) is 3.10. The van der Waals surface area contributed by atoms with Crippen LogP contribution in [0.25, 0.3) is 0 Å². The molecule has 4 heteroatoms. The van der Waals surface area contributed by atoms with Crippen LogP contribution < -0.4 is 11.1 Å². The molecular formula is C12H20N4. The highest BCUT2D eigenvalue weighted by Gasteiger charge is 2.21. The molecule has 1 aromatic heterocycles. The number of hydrogen-bond donors (Lipinski definition) is 2. The molecule has 1 heterocycles. The Morgan fingerprint density at radius 3 is 2.56 bits per heavy atom.